The van der Waals surface area contributed by atoms with Crippen LogP contribution >= 0.6 is 11.3 Å². The number of ether oxygens (including phenoxy) is 1. The third-order valence-electron chi connectivity index (χ3n) is 3.87. The molecule has 1 heterocycles. The largest absolute Gasteiger partial charge is 0.379 e. The molecule has 0 spiro atoms. The summed E-state index contributed by atoms with van der Waals surface area (Å²) in [5.74, 6) is -0.107. The highest BCUT2D eigenvalue weighted by Gasteiger charge is 2.46. The number of hydrogen-bond acceptors (Lipinski definition) is 4. The lowest BCUT2D eigenvalue weighted by atomic mass is 9.85. The van der Waals surface area contributed by atoms with Crippen LogP contribution in [0.2, 0.25) is 0 Å². The average molecular weight is 313 g/mol. The Morgan fingerprint density at radius 2 is 2.05 bits per heavy atom. The standard InChI is InChI=1S/C18H19NO2S/c1-2-21-13-18(19-14-7-4-3-5-8-14)11-10-15(20)17(18)16-9-6-12-22-16/h3-12,17,19H,2,13H2,1H3/t17-,18-/m0/s1. The lowest BCUT2D eigenvalue weighted by Gasteiger charge is -2.35. The van der Waals surface area contributed by atoms with Gasteiger partial charge in [-0.05, 0) is 36.6 Å². The summed E-state index contributed by atoms with van der Waals surface area (Å²) < 4.78 is 5.71. The first kappa shape index (κ1) is 15.0. The maximum Gasteiger partial charge on any atom is 0.166 e. The molecule has 0 unspecified atom stereocenters. The number of carbonyl (C=O) groups excluding carboxylic acids is 1. The zero-order chi connectivity index (χ0) is 15.4. The summed E-state index contributed by atoms with van der Waals surface area (Å²) >= 11 is 1.61. The predicted molar refractivity (Wildman–Crippen MR) is 90.5 cm³/mol. The van der Waals surface area contributed by atoms with Crippen molar-refractivity contribution in [2.45, 2.75) is 18.4 Å². The van der Waals surface area contributed by atoms with E-state index in [9.17, 15) is 4.79 Å². The quantitative estimate of drug-likeness (QED) is 0.880. The fraction of sp³-hybridized carbons (Fsp3) is 0.278. The average Bonchev–Trinajstić information content (AvgIpc) is 3.15. The van der Waals surface area contributed by atoms with Gasteiger partial charge in [-0.2, -0.15) is 0 Å². The molecule has 0 bridgehead atoms. The molecule has 114 valence electrons. The minimum atomic E-state index is -0.528. The second kappa shape index (κ2) is 6.46. The minimum absolute atomic E-state index is 0.130. The number of hydrogen-bond donors (Lipinski definition) is 1. The number of nitrogens with one attached hydrogen (secondary N) is 1. The molecule has 0 radical (unpaired) electrons. The predicted octanol–water partition coefficient (Wildman–Crippen LogP) is 3.86. The summed E-state index contributed by atoms with van der Waals surface area (Å²) in [5.41, 5.74) is 0.461. The van der Waals surface area contributed by atoms with Crippen LogP contribution < -0.4 is 5.32 Å². The highest BCUT2D eigenvalue weighted by Crippen LogP contribution is 2.40. The third-order valence-corrected chi connectivity index (χ3v) is 4.81. The van der Waals surface area contributed by atoms with E-state index in [1.54, 1.807) is 17.4 Å². The Hall–Kier alpha value is -1.91. The molecular formula is C18H19NO2S. The Bertz CT molecular complexity index is 651. The van der Waals surface area contributed by atoms with Crippen molar-refractivity contribution >= 4 is 22.8 Å². The van der Waals surface area contributed by atoms with Crippen LogP contribution in [0.1, 0.15) is 17.7 Å². The molecule has 0 fully saturated rings. The fourth-order valence-corrected chi connectivity index (χ4v) is 3.80. The second-order valence-corrected chi connectivity index (χ2v) is 6.33. The van der Waals surface area contributed by atoms with E-state index in [0.717, 1.165) is 10.6 Å². The van der Waals surface area contributed by atoms with Gasteiger partial charge in [-0.15, -0.1) is 11.3 Å². The third kappa shape index (κ3) is 2.85. The first-order chi connectivity index (χ1) is 10.7. The van der Waals surface area contributed by atoms with Gasteiger partial charge in [0.15, 0.2) is 5.78 Å². The molecule has 1 N–H and O–H groups in total. The van der Waals surface area contributed by atoms with E-state index in [2.05, 4.69) is 5.32 Å². The van der Waals surface area contributed by atoms with Crippen LogP contribution in [0, 0.1) is 0 Å². The van der Waals surface area contributed by atoms with Crippen molar-refractivity contribution in [1.82, 2.24) is 0 Å². The molecule has 3 rings (SSSR count). The van der Waals surface area contributed by atoms with Crippen molar-refractivity contribution in [2.24, 2.45) is 0 Å². The van der Waals surface area contributed by atoms with Gasteiger partial charge < -0.3 is 10.1 Å². The molecule has 1 aromatic carbocycles. The molecule has 2 aromatic rings. The monoisotopic (exact) mass is 313 g/mol. The Kier molecular flexibility index (Phi) is 4.41. The maximum absolute atomic E-state index is 12.5. The first-order valence-corrected chi connectivity index (χ1v) is 8.30. The van der Waals surface area contributed by atoms with Gasteiger partial charge in [0.05, 0.1) is 18.1 Å². The van der Waals surface area contributed by atoms with Gasteiger partial charge in [0, 0.05) is 17.2 Å². The molecule has 0 saturated heterocycles. The second-order valence-electron chi connectivity index (χ2n) is 5.35. The molecule has 0 saturated carbocycles. The Balaban J connectivity index is 1.97. The number of rotatable bonds is 6. The highest BCUT2D eigenvalue weighted by molar-refractivity contribution is 7.10. The van der Waals surface area contributed by atoms with E-state index in [-0.39, 0.29) is 11.7 Å². The van der Waals surface area contributed by atoms with Crippen LogP contribution in [0.3, 0.4) is 0 Å². The number of para-hydroxylation sites is 1. The molecule has 1 aliphatic rings. The number of thiophene rings is 1. The summed E-state index contributed by atoms with van der Waals surface area (Å²) in [4.78, 5) is 13.5. The number of benzene rings is 1. The normalized spacial score (nSPS) is 23.9. The van der Waals surface area contributed by atoms with E-state index in [4.69, 9.17) is 4.74 Å². The Morgan fingerprint density at radius 3 is 2.73 bits per heavy atom. The van der Waals surface area contributed by atoms with E-state index < -0.39 is 5.54 Å². The van der Waals surface area contributed by atoms with Gasteiger partial charge >= 0.3 is 0 Å². The number of allylic oxidation sites excluding steroid dienone is 1. The number of anilines is 1. The first-order valence-electron chi connectivity index (χ1n) is 7.42. The number of ketones is 1. The van der Waals surface area contributed by atoms with Crippen molar-refractivity contribution in [2.75, 3.05) is 18.5 Å². The summed E-state index contributed by atoms with van der Waals surface area (Å²) in [6.45, 7) is 3.05. The van der Waals surface area contributed by atoms with Gasteiger partial charge in [0.1, 0.15) is 0 Å². The summed E-state index contributed by atoms with van der Waals surface area (Å²) in [6.07, 6.45) is 3.64. The van der Waals surface area contributed by atoms with Gasteiger partial charge in [0.2, 0.25) is 0 Å². The van der Waals surface area contributed by atoms with Gasteiger partial charge in [0.25, 0.3) is 0 Å². The zero-order valence-electron chi connectivity index (χ0n) is 12.5. The highest BCUT2D eigenvalue weighted by atomic mass is 32.1. The van der Waals surface area contributed by atoms with Crippen molar-refractivity contribution in [1.29, 1.82) is 0 Å². The van der Waals surface area contributed by atoms with Gasteiger partial charge in [-0.1, -0.05) is 30.3 Å². The summed E-state index contributed by atoms with van der Waals surface area (Å²) in [7, 11) is 0. The van der Waals surface area contributed by atoms with Crippen molar-refractivity contribution in [3.05, 3.63) is 64.9 Å². The molecule has 3 nitrogen and oxygen atoms in total. The van der Waals surface area contributed by atoms with Crippen LogP contribution in [0.15, 0.2) is 60.0 Å². The van der Waals surface area contributed by atoms with Gasteiger partial charge in [-0.3, -0.25) is 4.79 Å². The zero-order valence-corrected chi connectivity index (χ0v) is 13.3. The van der Waals surface area contributed by atoms with E-state index >= 15 is 0 Å². The van der Waals surface area contributed by atoms with Crippen LogP contribution in [0.4, 0.5) is 5.69 Å². The number of carbonyl (C=O) groups is 1. The molecule has 4 heteroatoms. The molecule has 0 aliphatic heterocycles. The maximum atomic E-state index is 12.5. The molecule has 0 amide bonds. The van der Waals surface area contributed by atoms with E-state index in [0.29, 0.717) is 13.2 Å². The van der Waals surface area contributed by atoms with E-state index in [1.807, 2.05) is 60.8 Å². The van der Waals surface area contributed by atoms with Crippen LogP contribution in [0.25, 0.3) is 0 Å². The molecule has 2 atom stereocenters. The molecule has 1 aliphatic carbocycles. The topological polar surface area (TPSA) is 38.3 Å². The van der Waals surface area contributed by atoms with Crippen LogP contribution in [-0.2, 0) is 9.53 Å². The van der Waals surface area contributed by atoms with Crippen molar-refractivity contribution < 1.29 is 9.53 Å². The Labute approximate surface area is 134 Å². The molecule has 22 heavy (non-hydrogen) atoms. The molecule has 1 aromatic heterocycles. The van der Waals surface area contributed by atoms with Gasteiger partial charge in [-0.25, -0.2) is 0 Å². The Morgan fingerprint density at radius 1 is 1.23 bits per heavy atom. The fourth-order valence-electron chi connectivity index (χ4n) is 2.87. The summed E-state index contributed by atoms with van der Waals surface area (Å²) in [6, 6.07) is 14.0. The lowest BCUT2D eigenvalue weighted by molar-refractivity contribution is -0.116. The van der Waals surface area contributed by atoms with Crippen molar-refractivity contribution in [3.63, 3.8) is 0 Å². The minimum Gasteiger partial charge on any atom is -0.379 e. The van der Waals surface area contributed by atoms with Crippen LogP contribution in [-0.4, -0.2) is 24.5 Å². The summed E-state index contributed by atoms with van der Waals surface area (Å²) in [5, 5.41) is 5.54. The molecular weight excluding hydrogens is 294 g/mol. The lowest BCUT2D eigenvalue weighted by Crippen LogP contribution is -2.46. The van der Waals surface area contributed by atoms with Crippen molar-refractivity contribution in [3.8, 4) is 0 Å². The smallest absolute Gasteiger partial charge is 0.166 e. The SMILES string of the molecule is CCOC[C@@]1(Nc2ccccc2)C=CC(=O)[C@H]1c1cccs1. The van der Waals surface area contributed by atoms with Crippen LogP contribution in [0.5, 0.6) is 0 Å². The van der Waals surface area contributed by atoms with E-state index in [1.165, 1.54) is 0 Å².